The van der Waals surface area contributed by atoms with Gasteiger partial charge in [-0.15, -0.1) is 0 Å². The van der Waals surface area contributed by atoms with E-state index in [2.05, 4.69) is 15.3 Å². The molecule has 2 heterocycles. The Balaban J connectivity index is 1.59. The molecule has 1 aromatic carbocycles. The number of carbonyl (C=O) groups excluding carboxylic acids is 1. The van der Waals surface area contributed by atoms with Crippen LogP contribution in [0.2, 0.25) is 0 Å². The van der Waals surface area contributed by atoms with Gasteiger partial charge in [-0.2, -0.15) is 0 Å². The van der Waals surface area contributed by atoms with Crippen molar-refractivity contribution in [1.82, 2.24) is 14.9 Å². The second-order valence-corrected chi connectivity index (χ2v) is 6.35. The lowest BCUT2D eigenvalue weighted by Crippen LogP contribution is -2.41. The highest BCUT2D eigenvalue weighted by Gasteiger charge is 2.39. The number of hydrogen-bond donors (Lipinski definition) is 2. The Morgan fingerprint density at radius 1 is 1.32 bits per heavy atom. The number of hydrogen-bond acceptors (Lipinski definition) is 6. The van der Waals surface area contributed by atoms with Crippen molar-refractivity contribution in [2.75, 3.05) is 32.1 Å². The summed E-state index contributed by atoms with van der Waals surface area (Å²) in [5, 5.41) is 13.6. The first-order chi connectivity index (χ1) is 12.0. The lowest BCUT2D eigenvalue weighted by atomic mass is 10.1. The Bertz CT molecular complexity index is 733. The van der Waals surface area contributed by atoms with Gasteiger partial charge in [-0.1, -0.05) is 17.7 Å². The van der Waals surface area contributed by atoms with Gasteiger partial charge in [-0.3, -0.25) is 4.79 Å². The predicted octanol–water partition coefficient (Wildman–Crippen LogP) is 1.48. The van der Waals surface area contributed by atoms with E-state index in [-0.39, 0.29) is 24.9 Å². The standard InChI is InChI=1S/C18H22N4O3/c1-13-3-5-15(6-4-13)25-12-18(24)7-8-22(11-18)17(23)16-20-9-14(19-2)10-21-16/h3-6,9-10,19,24H,7-8,11-12H2,1-2H3/t18-/m1/s1. The lowest BCUT2D eigenvalue weighted by molar-refractivity contribution is 0.00419. The van der Waals surface area contributed by atoms with Crippen molar-refractivity contribution >= 4 is 11.6 Å². The Labute approximate surface area is 146 Å². The van der Waals surface area contributed by atoms with Crippen molar-refractivity contribution in [3.8, 4) is 5.75 Å². The minimum absolute atomic E-state index is 0.128. The fraction of sp³-hybridized carbons (Fsp3) is 0.389. The first-order valence-corrected chi connectivity index (χ1v) is 8.20. The van der Waals surface area contributed by atoms with E-state index in [0.29, 0.717) is 18.7 Å². The van der Waals surface area contributed by atoms with Crippen LogP contribution in [0.25, 0.3) is 0 Å². The third-order valence-corrected chi connectivity index (χ3v) is 4.28. The van der Waals surface area contributed by atoms with E-state index in [1.807, 2.05) is 31.2 Å². The smallest absolute Gasteiger partial charge is 0.291 e. The van der Waals surface area contributed by atoms with Crippen LogP contribution < -0.4 is 10.1 Å². The zero-order chi connectivity index (χ0) is 17.9. The Morgan fingerprint density at radius 2 is 2.00 bits per heavy atom. The first-order valence-electron chi connectivity index (χ1n) is 8.20. The van der Waals surface area contributed by atoms with E-state index in [1.165, 1.54) is 0 Å². The predicted molar refractivity (Wildman–Crippen MR) is 93.7 cm³/mol. The monoisotopic (exact) mass is 342 g/mol. The highest BCUT2D eigenvalue weighted by Crippen LogP contribution is 2.24. The molecule has 0 saturated carbocycles. The van der Waals surface area contributed by atoms with Crippen LogP contribution in [0.5, 0.6) is 5.75 Å². The number of β-amino-alcohol motifs (C(OH)–C–C–N with tert-alkyl or cyclic N) is 1. The topological polar surface area (TPSA) is 87.6 Å². The van der Waals surface area contributed by atoms with Crippen LogP contribution in [0.15, 0.2) is 36.7 Å². The molecule has 25 heavy (non-hydrogen) atoms. The molecule has 1 amide bonds. The molecular formula is C18H22N4O3. The van der Waals surface area contributed by atoms with Gasteiger partial charge in [-0.25, -0.2) is 9.97 Å². The van der Waals surface area contributed by atoms with Gasteiger partial charge < -0.3 is 20.1 Å². The molecule has 1 fully saturated rings. The van der Waals surface area contributed by atoms with Crippen LogP contribution in [0.3, 0.4) is 0 Å². The molecule has 1 saturated heterocycles. The number of nitrogens with zero attached hydrogens (tertiary/aromatic N) is 3. The fourth-order valence-corrected chi connectivity index (χ4v) is 2.71. The molecule has 2 aromatic rings. The minimum atomic E-state index is -1.06. The van der Waals surface area contributed by atoms with E-state index < -0.39 is 5.60 Å². The van der Waals surface area contributed by atoms with Crippen molar-refractivity contribution in [3.05, 3.63) is 48.0 Å². The van der Waals surface area contributed by atoms with E-state index >= 15 is 0 Å². The molecule has 1 aliphatic rings. The molecule has 1 aliphatic heterocycles. The van der Waals surface area contributed by atoms with Gasteiger partial charge in [0.2, 0.25) is 5.82 Å². The van der Waals surface area contributed by atoms with Crippen LogP contribution in [-0.2, 0) is 0 Å². The summed E-state index contributed by atoms with van der Waals surface area (Å²) < 4.78 is 5.68. The highest BCUT2D eigenvalue weighted by atomic mass is 16.5. The fourth-order valence-electron chi connectivity index (χ4n) is 2.71. The molecule has 7 nitrogen and oxygen atoms in total. The number of ether oxygens (including phenoxy) is 1. The summed E-state index contributed by atoms with van der Waals surface area (Å²) in [6.07, 6.45) is 3.57. The molecule has 2 N–H and O–H groups in total. The van der Waals surface area contributed by atoms with Crippen molar-refractivity contribution in [1.29, 1.82) is 0 Å². The minimum Gasteiger partial charge on any atom is -0.491 e. The number of aliphatic hydroxyl groups is 1. The molecule has 0 aliphatic carbocycles. The van der Waals surface area contributed by atoms with Gasteiger partial charge in [0.05, 0.1) is 24.6 Å². The summed E-state index contributed by atoms with van der Waals surface area (Å²) in [5.74, 6) is 0.548. The van der Waals surface area contributed by atoms with Gasteiger partial charge in [0.25, 0.3) is 5.91 Å². The maximum Gasteiger partial charge on any atom is 0.291 e. The number of rotatable bonds is 5. The molecule has 1 aromatic heterocycles. The second kappa shape index (κ2) is 7.06. The van der Waals surface area contributed by atoms with E-state index in [1.54, 1.807) is 24.3 Å². The number of amides is 1. The van der Waals surface area contributed by atoms with Gasteiger partial charge in [-0.05, 0) is 25.5 Å². The molecule has 7 heteroatoms. The van der Waals surface area contributed by atoms with E-state index in [9.17, 15) is 9.90 Å². The normalized spacial score (nSPS) is 19.7. The number of anilines is 1. The molecule has 0 radical (unpaired) electrons. The van der Waals surface area contributed by atoms with Crippen molar-refractivity contribution in [3.63, 3.8) is 0 Å². The van der Waals surface area contributed by atoms with Gasteiger partial charge >= 0.3 is 0 Å². The molecular weight excluding hydrogens is 320 g/mol. The maximum absolute atomic E-state index is 12.5. The van der Waals surface area contributed by atoms with Crippen molar-refractivity contribution in [2.45, 2.75) is 18.9 Å². The number of aromatic nitrogens is 2. The highest BCUT2D eigenvalue weighted by molar-refractivity contribution is 5.90. The number of benzene rings is 1. The summed E-state index contributed by atoms with van der Waals surface area (Å²) in [6.45, 7) is 2.79. The van der Waals surface area contributed by atoms with Crippen LogP contribution in [0.4, 0.5) is 5.69 Å². The second-order valence-electron chi connectivity index (χ2n) is 6.35. The van der Waals surface area contributed by atoms with E-state index in [4.69, 9.17) is 4.74 Å². The first kappa shape index (κ1) is 17.2. The maximum atomic E-state index is 12.5. The summed E-state index contributed by atoms with van der Waals surface area (Å²) >= 11 is 0. The molecule has 3 rings (SSSR count). The molecule has 0 unspecified atom stereocenters. The largest absolute Gasteiger partial charge is 0.491 e. The average Bonchev–Trinajstić information content (AvgIpc) is 3.03. The summed E-state index contributed by atoms with van der Waals surface area (Å²) in [6, 6.07) is 7.65. The zero-order valence-electron chi connectivity index (χ0n) is 14.4. The van der Waals surface area contributed by atoms with Crippen molar-refractivity contribution < 1.29 is 14.6 Å². The average molecular weight is 342 g/mol. The number of aryl methyl sites for hydroxylation is 1. The van der Waals surface area contributed by atoms with Crippen LogP contribution in [0.1, 0.15) is 22.6 Å². The Kier molecular flexibility index (Phi) is 4.85. The van der Waals surface area contributed by atoms with E-state index in [0.717, 1.165) is 11.3 Å². The molecule has 0 spiro atoms. The summed E-state index contributed by atoms with van der Waals surface area (Å²) in [5.41, 5.74) is 0.819. The van der Waals surface area contributed by atoms with Gasteiger partial charge in [0.1, 0.15) is 18.0 Å². The molecule has 132 valence electrons. The SMILES string of the molecule is CNc1cnc(C(=O)N2CC[C@](O)(COc3ccc(C)cc3)C2)nc1. The number of nitrogens with one attached hydrogen (secondary N) is 1. The number of likely N-dealkylation sites (tertiary alicyclic amines) is 1. The van der Waals surface area contributed by atoms with Crippen molar-refractivity contribution in [2.24, 2.45) is 0 Å². The Morgan fingerprint density at radius 3 is 2.64 bits per heavy atom. The Hall–Kier alpha value is -2.67. The third-order valence-electron chi connectivity index (χ3n) is 4.28. The summed E-state index contributed by atoms with van der Waals surface area (Å²) in [7, 11) is 1.76. The van der Waals surface area contributed by atoms with Gasteiger partial charge in [0, 0.05) is 13.6 Å². The zero-order valence-corrected chi connectivity index (χ0v) is 14.4. The number of carbonyl (C=O) groups is 1. The van der Waals surface area contributed by atoms with Crippen LogP contribution in [-0.4, -0.2) is 58.2 Å². The summed E-state index contributed by atoms with van der Waals surface area (Å²) in [4.78, 5) is 22.2. The molecule has 1 atom stereocenters. The molecule has 0 bridgehead atoms. The van der Waals surface area contributed by atoms with Crippen LogP contribution in [0, 0.1) is 6.92 Å². The lowest BCUT2D eigenvalue weighted by Gasteiger charge is -2.23. The van der Waals surface area contributed by atoms with Crippen LogP contribution >= 0.6 is 0 Å². The third kappa shape index (κ3) is 4.06. The van der Waals surface area contributed by atoms with Gasteiger partial charge in [0.15, 0.2) is 0 Å². The quantitative estimate of drug-likeness (QED) is 0.856.